The highest BCUT2D eigenvalue weighted by Crippen LogP contribution is 2.39. The van der Waals surface area contributed by atoms with Crippen LogP contribution in [0, 0.1) is 0 Å². The molecule has 0 radical (unpaired) electrons. The molecular formula is C25H40N4O4Si. The molecule has 188 valence electrons. The van der Waals surface area contributed by atoms with E-state index in [-0.39, 0.29) is 29.7 Å². The molecule has 3 rings (SSSR count). The Hall–Kier alpha value is -2.07. The molecule has 0 aliphatic carbocycles. The van der Waals surface area contributed by atoms with E-state index in [1.807, 2.05) is 37.3 Å². The van der Waals surface area contributed by atoms with Crippen LogP contribution in [0.15, 0.2) is 41.1 Å². The van der Waals surface area contributed by atoms with Crippen molar-refractivity contribution in [2.45, 2.75) is 95.9 Å². The topological polar surface area (TPSA) is 101 Å². The van der Waals surface area contributed by atoms with Crippen LogP contribution in [0.1, 0.15) is 65.0 Å². The lowest BCUT2D eigenvalue weighted by Crippen LogP contribution is -2.60. The smallest absolute Gasteiger partial charge is 0.243 e. The van der Waals surface area contributed by atoms with Gasteiger partial charge in [0.1, 0.15) is 11.6 Å². The van der Waals surface area contributed by atoms with Crippen LogP contribution < -0.4 is 5.32 Å². The van der Waals surface area contributed by atoms with Crippen molar-refractivity contribution >= 4 is 14.2 Å². The number of hydrogen-bond donors (Lipinski definition) is 2. The fraction of sp³-hybridized carbons (Fsp3) is 0.640. The molecule has 1 aromatic carbocycles. The number of carbonyl (C=O) groups excluding carboxylic acids is 1. The molecule has 34 heavy (non-hydrogen) atoms. The van der Waals surface area contributed by atoms with Gasteiger partial charge in [-0.25, -0.2) is 0 Å². The summed E-state index contributed by atoms with van der Waals surface area (Å²) in [6.07, 6.45) is 2.26. The zero-order chi connectivity index (χ0) is 25.1. The molecule has 0 bridgehead atoms. The molecule has 0 saturated carbocycles. The van der Waals surface area contributed by atoms with Gasteiger partial charge in [0.15, 0.2) is 8.32 Å². The van der Waals surface area contributed by atoms with Crippen LogP contribution >= 0.6 is 0 Å². The Bertz CT molecular complexity index is 932. The first kappa shape index (κ1) is 26.5. The van der Waals surface area contributed by atoms with Crippen LogP contribution in [0.4, 0.5) is 0 Å². The first-order valence-electron chi connectivity index (χ1n) is 12.1. The van der Waals surface area contributed by atoms with Crippen molar-refractivity contribution in [3.05, 3.63) is 48.2 Å². The number of nitrogens with zero attached hydrogens (tertiary/aromatic N) is 3. The van der Waals surface area contributed by atoms with Crippen LogP contribution in [0.5, 0.6) is 0 Å². The minimum Gasteiger partial charge on any atom is -0.426 e. The average molecular weight is 489 g/mol. The summed E-state index contributed by atoms with van der Waals surface area (Å²) in [6.45, 7) is 15.2. The third-order valence-corrected chi connectivity index (χ3v) is 12.2. The van der Waals surface area contributed by atoms with E-state index in [0.29, 0.717) is 18.9 Å². The summed E-state index contributed by atoms with van der Waals surface area (Å²) in [5.41, 5.74) is 0.0643. The first-order valence-corrected chi connectivity index (χ1v) is 15.0. The molecule has 1 amide bonds. The van der Waals surface area contributed by atoms with Crippen molar-refractivity contribution in [2.24, 2.45) is 0 Å². The van der Waals surface area contributed by atoms with Gasteiger partial charge < -0.3 is 19.3 Å². The van der Waals surface area contributed by atoms with E-state index in [1.54, 1.807) is 0 Å². The summed E-state index contributed by atoms with van der Waals surface area (Å²) in [4.78, 5) is 16.0. The number of aliphatic hydroxyl groups is 1. The molecule has 1 aromatic heterocycles. The molecular weight excluding hydrogens is 448 g/mol. The summed E-state index contributed by atoms with van der Waals surface area (Å²) in [5, 5.41) is 21.6. The van der Waals surface area contributed by atoms with Gasteiger partial charge in [-0.2, -0.15) is 0 Å². The normalized spacial score (nSPS) is 23.6. The maximum Gasteiger partial charge on any atom is 0.243 e. The Kier molecular flexibility index (Phi) is 8.02. The quantitative estimate of drug-likeness (QED) is 0.514. The summed E-state index contributed by atoms with van der Waals surface area (Å²) in [6, 6.07) is 9.57. The third kappa shape index (κ3) is 5.43. The number of hydrogen-bond acceptors (Lipinski definition) is 7. The molecule has 2 aromatic rings. The molecule has 2 unspecified atom stereocenters. The lowest BCUT2D eigenvalue weighted by Gasteiger charge is -2.41. The Morgan fingerprint density at radius 1 is 1.35 bits per heavy atom. The van der Waals surface area contributed by atoms with Crippen LogP contribution in [-0.4, -0.2) is 58.7 Å². The van der Waals surface area contributed by atoms with Crippen molar-refractivity contribution in [1.82, 2.24) is 20.4 Å². The van der Waals surface area contributed by atoms with E-state index < -0.39 is 19.9 Å². The minimum atomic E-state index is -2.13. The van der Waals surface area contributed by atoms with Gasteiger partial charge in [-0.05, 0) is 50.4 Å². The minimum absolute atomic E-state index is 0.00432. The number of rotatable bonds is 9. The predicted molar refractivity (Wildman–Crippen MR) is 133 cm³/mol. The summed E-state index contributed by atoms with van der Waals surface area (Å²) in [5.74, 6) is 0.0532. The van der Waals surface area contributed by atoms with Gasteiger partial charge in [0.25, 0.3) is 0 Å². The van der Waals surface area contributed by atoms with Gasteiger partial charge in [0.05, 0.1) is 12.7 Å². The third-order valence-electron chi connectivity index (χ3n) is 7.62. The number of aromatic nitrogens is 2. The molecule has 4 atom stereocenters. The average Bonchev–Trinajstić information content (AvgIpc) is 3.41. The lowest BCUT2D eigenvalue weighted by atomic mass is 9.94. The maximum absolute atomic E-state index is 13.9. The van der Waals surface area contributed by atoms with E-state index in [1.165, 1.54) is 6.39 Å². The molecule has 2 N–H and O–H groups in total. The second kappa shape index (κ2) is 10.3. The van der Waals surface area contributed by atoms with Crippen molar-refractivity contribution < 1.29 is 18.7 Å². The Morgan fingerprint density at radius 2 is 2.03 bits per heavy atom. The summed E-state index contributed by atoms with van der Waals surface area (Å²) < 4.78 is 12.1. The molecule has 1 aliphatic heterocycles. The van der Waals surface area contributed by atoms with Crippen LogP contribution in [0.3, 0.4) is 0 Å². The van der Waals surface area contributed by atoms with Crippen molar-refractivity contribution in [2.75, 3.05) is 6.61 Å². The first-order chi connectivity index (χ1) is 15.9. The van der Waals surface area contributed by atoms with E-state index in [4.69, 9.17) is 8.84 Å². The highest BCUT2D eigenvalue weighted by atomic mass is 28.4. The maximum atomic E-state index is 13.9. The number of carbonyl (C=O) groups is 1. The molecule has 2 heterocycles. The molecule has 1 aliphatic rings. The zero-order valence-electron chi connectivity index (χ0n) is 21.5. The molecule has 0 spiro atoms. The lowest BCUT2D eigenvalue weighted by molar-refractivity contribution is -0.137. The van der Waals surface area contributed by atoms with Crippen molar-refractivity contribution in [1.29, 1.82) is 0 Å². The van der Waals surface area contributed by atoms with Crippen molar-refractivity contribution in [3.8, 4) is 0 Å². The number of nitrogens with one attached hydrogen (secondary N) is 1. The molecule has 1 fully saturated rings. The number of benzene rings is 1. The fourth-order valence-electron chi connectivity index (χ4n) is 4.42. The zero-order valence-corrected chi connectivity index (χ0v) is 22.5. The van der Waals surface area contributed by atoms with E-state index in [9.17, 15) is 9.90 Å². The molecule has 9 heteroatoms. The Labute approximate surface area is 204 Å². The number of aliphatic hydroxyl groups excluding tert-OH is 1. The molecule has 8 nitrogen and oxygen atoms in total. The van der Waals surface area contributed by atoms with Gasteiger partial charge in [-0.3, -0.25) is 9.69 Å². The highest BCUT2D eigenvalue weighted by molar-refractivity contribution is 6.74. The summed E-state index contributed by atoms with van der Waals surface area (Å²) in [7, 11) is -2.13. The van der Waals surface area contributed by atoms with Gasteiger partial charge in [0.2, 0.25) is 18.2 Å². The number of likely N-dealkylation sites (tertiary alicyclic amines) is 1. The number of amides is 1. The predicted octanol–water partition coefficient (Wildman–Crippen LogP) is 4.05. The Morgan fingerprint density at radius 3 is 2.59 bits per heavy atom. The van der Waals surface area contributed by atoms with Gasteiger partial charge in [-0.1, -0.05) is 51.1 Å². The SMILES string of the molecule is CC1CCC(CO)(C(=O)N[C@H](c2nnco2)[C@@H](C)O[Si](C)(C)C(C)(C)C)N1Cc1ccccc1. The second-order valence-electron chi connectivity index (χ2n) is 11.0. The van der Waals surface area contributed by atoms with Crippen LogP contribution in [0.2, 0.25) is 18.1 Å². The van der Waals surface area contributed by atoms with E-state index in [2.05, 4.69) is 61.2 Å². The standard InChI is InChI=1S/C25H40N4O4Si/c1-18-13-14-25(16-30,29(18)15-20-11-9-8-10-12-20)23(31)27-21(22-28-26-17-32-22)19(2)33-34(6,7)24(3,4)5/h8-12,17-19,21,30H,13-16H2,1-7H3,(H,27,31)/t18?,19-,21+,25?/m1/s1. The Balaban J connectivity index is 1.87. The van der Waals surface area contributed by atoms with Crippen molar-refractivity contribution in [3.63, 3.8) is 0 Å². The second-order valence-corrected chi connectivity index (χ2v) is 15.8. The fourth-order valence-corrected chi connectivity index (χ4v) is 5.84. The van der Waals surface area contributed by atoms with Gasteiger partial charge in [-0.15, -0.1) is 10.2 Å². The van der Waals surface area contributed by atoms with E-state index in [0.717, 1.165) is 12.0 Å². The van der Waals surface area contributed by atoms with Gasteiger partial charge >= 0.3 is 0 Å². The van der Waals surface area contributed by atoms with E-state index >= 15 is 0 Å². The van der Waals surface area contributed by atoms with Gasteiger partial charge in [0, 0.05) is 12.6 Å². The summed E-state index contributed by atoms with van der Waals surface area (Å²) >= 11 is 0. The van der Waals surface area contributed by atoms with Crippen LogP contribution in [-0.2, 0) is 15.8 Å². The van der Waals surface area contributed by atoms with Crippen LogP contribution in [0.25, 0.3) is 0 Å². The largest absolute Gasteiger partial charge is 0.426 e. The molecule has 1 saturated heterocycles. The monoisotopic (exact) mass is 488 g/mol. The highest BCUT2D eigenvalue weighted by Gasteiger charge is 2.51.